The Labute approximate surface area is 119 Å². The molecule has 0 aromatic heterocycles. The van der Waals surface area contributed by atoms with E-state index in [2.05, 4.69) is 20.8 Å². The number of rotatable bonds is 5. The van der Waals surface area contributed by atoms with Crippen molar-refractivity contribution < 1.29 is 19.4 Å². The molecule has 0 spiro atoms. The Morgan fingerprint density at radius 3 is 2.30 bits per heavy atom. The summed E-state index contributed by atoms with van der Waals surface area (Å²) in [5.41, 5.74) is 1.02. The van der Waals surface area contributed by atoms with Crippen LogP contribution in [-0.2, 0) is 14.3 Å². The molecule has 108 valence electrons. The Morgan fingerprint density at radius 2 is 1.80 bits per heavy atom. The highest BCUT2D eigenvalue weighted by molar-refractivity contribution is 5.90. The number of ether oxygens (including phenoxy) is 1. The van der Waals surface area contributed by atoms with Gasteiger partial charge in [0, 0.05) is 18.1 Å². The smallest absolute Gasteiger partial charge is 0.331 e. The van der Waals surface area contributed by atoms with Crippen LogP contribution >= 0.6 is 0 Å². The van der Waals surface area contributed by atoms with Gasteiger partial charge in [0.15, 0.2) is 0 Å². The summed E-state index contributed by atoms with van der Waals surface area (Å²) in [4.78, 5) is 21.8. The molecule has 0 amide bonds. The van der Waals surface area contributed by atoms with Gasteiger partial charge < -0.3 is 9.84 Å². The van der Waals surface area contributed by atoms with E-state index in [1.165, 1.54) is 0 Å². The van der Waals surface area contributed by atoms with Gasteiger partial charge in [-0.25, -0.2) is 9.59 Å². The molecule has 1 N–H and O–H groups in total. The maximum atomic E-state index is 11.4. The molecular weight excluding hydrogens is 256 g/mol. The predicted molar refractivity (Wildman–Crippen MR) is 76.4 cm³/mol. The first-order chi connectivity index (χ1) is 9.30. The highest BCUT2D eigenvalue weighted by Crippen LogP contribution is 2.35. The fraction of sp³-hybridized carbons (Fsp3) is 0.375. The lowest BCUT2D eigenvalue weighted by Crippen LogP contribution is -2.24. The van der Waals surface area contributed by atoms with Crippen LogP contribution in [0.15, 0.2) is 42.5 Å². The van der Waals surface area contributed by atoms with Crippen LogP contribution < -0.4 is 0 Å². The van der Waals surface area contributed by atoms with E-state index in [4.69, 9.17) is 9.84 Å². The van der Waals surface area contributed by atoms with Crippen LogP contribution in [0.5, 0.6) is 0 Å². The lowest BCUT2D eigenvalue weighted by molar-refractivity contribution is -0.139. The number of aliphatic carboxylic acids is 1. The summed E-state index contributed by atoms with van der Waals surface area (Å²) in [6.07, 6.45) is 1.70. The first-order valence-electron chi connectivity index (χ1n) is 6.43. The summed E-state index contributed by atoms with van der Waals surface area (Å²) in [6, 6.07) is 9.82. The zero-order chi connectivity index (χ0) is 15.2. The number of esters is 1. The van der Waals surface area contributed by atoms with Crippen LogP contribution in [0.25, 0.3) is 0 Å². The molecule has 0 aliphatic carbocycles. The highest BCUT2D eigenvalue weighted by Gasteiger charge is 2.27. The van der Waals surface area contributed by atoms with Crippen molar-refractivity contribution in [2.75, 3.05) is 6.61 Å². The van der Waals surface area contributed by atoms with E-state index in [0.29, 0.717) is 0 Å². The van der Waals surface area contributed by atoms with Crippen molar-refractivity contribution in [3.63, 3.8) is 0 Å². The Morgan fingerprint density at radius 1 is 1.20 bits per heavy atom. The number of carboxylic acid groups (broad SMARTS) is 1. The Hall–Kier alpha value is -2.10. The number of carbonyl (C=O) groups is 2. The lowest BCUT2D eigenvalue weighted by atomic mass is 9.77. The summed E-state index contributed by atoms with van der Waals surface area (Å²) in [5, 5.41) is 8.45. The highest BCUT2D eigenvalue weighted by atomic mass is 16.5. The third kappa shape index (κ3) is 5.26. The molecule has 0 aliphatic heterocycles. The quantitative estimate of drug-likeness (QED) is 0.663. The van der Waals surface area contributed by atoms with Crippen molar-refractivity contribution in [3.05, 3.63) is 48.0 Å². The molecule has 20 heavy (non-hydrogen) atoms. The summed E-state index contributed by atoms with van der Waals surface area (Å²) >= 11 is 0. The third-order valence-electron chi connectivity index (χ3n) is 3.00. The minimum absolute atomic E-state index is 0.0471. The fourth-order valence-electron chi connectivity index (χ4n) is 1.88. The molecule has 4 nitrogen and oxygen atoms in total. The minimum atomic E-state index is -1.17. The van der Waals surface area contributed by atoms with Crippen molar-refractivity contribution >= 4 is 11.9 Å². The maximum Gasteiger partial charge on any atom is 0.331 e. The van der Waals surface area contributed by atoms with E-state index in [1.54, 1.807) is 0 Å². The van der Waals surface area contributed by atoms with Gasteiger partial charge in [-0.05, 0) is 11.0 Å². The summed E-state index contributed by atoms with van der Waals surface area (Å²) in [7, 11) is 0. The van der Waals surface area contributed by atoms with E-state index >= 15 is 0 Å². The molecule has 0 saturated carbocycles. The molecule has 0 fully saturated rings. The largest absolute Gasteiger partial charge is 0.478 e. The van der Waals surface area contributed by atoms with Crippen molar-refractivity contribution in [2.24, 2.45) is 5.41 Å². The van der Waals surface area contributed by atoms with Crippen molar-refractivity contribution in [2.45, 2.75) is 26.7 Å². The number of carboxylic acids is 1. The summed E-state index contributed by atoms with van der Waals surface area (Å²) in [6.45, 7) is 6.44. The van der Waals surface area contributed by atoms with Gasteiger partial charge in [0.05, 0.1) is 6.61 Å². The average Bonchev–Trinajstić information content (AvgIpc) is 2.36. The van der Waals surface area contributed by atoms with Gasteiger partial charge >= 0.3 is 11.9 Å². The lowest BCUT2D eigenvalue weighted by Gasteiger charge is -2.30. The van der Waals surface area contributed by atoms with Gasteiger partial charge in [-0.2, -0.15) is 0 Å². The normalized spacial score (nSPS) is 13.2. The Kier molecular flexibility index (Phi) is 5.50. The van der Waals surface area contributed by atoms with Crippen LogP contribution in [-0.4, -0.2) is 23.7 Å². The van der Waals surface area contributed by atoms with Gasteiger partial charge in [-0.1, -0.05) is 51.1 Å². The van der Waals surface area contributed by atoms with Crippen LogP contribution in [0.3, 0.4) is 0 Å². The summed E-state index contributed by atoms with van der Waals surface area (Å²) in [5.74, 6) is -1.76. The molecular formula is C16H20O4. The monoisotopic (exact) mass is 276 g/mol. The minimum Gasteiger partial charge on any atom is -0.478 e. The van der Waals surface area contributed by atoms with Crippen molar-refractivity contribution in [1.29, 1.82) is 0 Å². The predicted octanol–water partition coefficient (Wildman–Crippen LogP) is 3.00. The first kappa shape index (κ1) is 16.0. The van der Waals surface area contributed by atoms with E-state index in [0.717, 1.165) is 17.7 Å². The molecule has 1 atom stereocenters. The van der Waals surface area contributed by atoms with Crippen LogP contribution in [0, 0.1) is 5.41 Å². The second-order valence-electron chi connectivity index (χ2n) is 5.63. The second-order valence-corrected chi connectivity index (χ2v) is 5.63. The van der Waals surface area contributed by atoms with E-state index in [-0.39, 0.29) is 17.9 Å². The number of benzene rings is 1. The van der Waals surface area contributed by atoms with Crippen molar-refractivity contribution in [1.82, 2.24) is 0 Å². The average molecular weight is 276 g/mol. The standard InChI is InChI=1S/C16H20O4/c1-16(2,3)13(12-7-5-4-6-8-12)11-20-15(19)10-9-14(17)18/h4-10,13H,11H2,1-3H3,(H,17,18)/b10-9+. The van der Waals surface area contributed by atoms with Crippen LogP contribution in [0.2, 0.25) is 0 Å². The summed E-state index contributed by atoms with van der Waals surface area (Å²) < 4.78 is 5.15. The van der Waals surface area contributed by atoms with Crippen LogP contribution in [0.1, 0.15) is 32.3 Å². The Balaban J connectivity index is 2.73. The SMILES string of the molecule is CC(C)(C)C(COC(=O)/C=C/C(=O)O)c1ccccc1. The van der Waals surface area contributed by atoms with Crippen molar-refractivity contribution in [3.8, 4) is 0 Å². The van der Waals surface area contributed by atoms with Gasteiger partial charge in [-0.3, -0.25) is 0 Å². The molecule has 0 radical (unpaired) electrons. The Bertz CT molecular complexity index is 483. The number of hydrogen-bond donors (Lipinski definition) is 1. The molecule has 1 aromatic carbocycles. The zero-order valence-electron chi connectivity index (χ0n) is 12.0. The topological polar surface area (TPSA) is 63.6 Å². The maximum absolute atomic E-state index is 11.4. The molecule has 0 aliphatic rings. The van der Waals surface area contributed by atoms with Gasteiger partial charge in [0.25, 0.3) is 0 Å². The van der Waals surface area contributed by atoms with E-state index in [9.17, 15) is 9.59 Å². The van der Waals surface area contributed by atoms with Crippen LogP contribution in [0.4, 0.5) is 0 Å². The molecule has 1 rings (SSSR count). The molecule has 0 bridgehead atoms. The third-order valence-corrected chi connectivity index (χ3v) is 3.00. The number of carbonyl (C=O) groups excluding carboxylic acids is 1. The molecule has 1 aromatic rings. The number of hydrogen-bond acceptors (Lipinski definition) is 3. The molecule has 0 saturated heterocycles. The fourth-order valence-corrected chi connectivity index (χ4v) is 1.88. The molecule has 1 unspecified atom stereocenters. The van der Waals surface area contributed by atoms with Gasteiger partial charge in [0.1, 0.15) is 0 Å². The van der Waals surface area contributed by atoms with E-state index < -0.39 is 11.9 Å². The van der Waals surface area contributed by atoms with E-state index in [1.807, 2.05) is 30.3 Å². The van der Waals surface area contributed by atoms with Gasteiger partial charge in [0.2, 0.25) is 0 Å². The first-order valence-corrected chi connectivity index (χ1v) is 6.43. The van der Waals surface area contributed by atoms with Gasteiger partial charge in [-0.15, -0.1) is 0 Å². The molecule has 0 heterocycles. The second kappa shape index (κ2) is 6.89. The zero-order valence-corrected chi connectivity index (χ0v) is 12.0. The molecule has 4 heteroatoms.